The second-order valence-corrected chi connectivity index (χ2v) is 4.72. The van der Waals surface area contributed by atoms with E-state index >= 15 is 0 Å². The summed E-state index contributed by atoms with van der Waals surface area (Å²) in [6.45, 7) is 4.09. The smallest absolute Gasteiger partial charge is 0.145 e. The Morgan fingerprint density at radius 1 is 1.47 bits per heavy atom. The zero-order chi connectivity index (χ0) is 13.1. The van der Waals surface area contributed by atoms with Gasteiger partial charge in [-0.25, -0.2) is 4.39 Å². The molecule has 0 aromatic heterocycles. The first-order valence-corrected chi connectivity index (χ1v) is 5.42. The highest BCUT2D eigenvalue weighted by atomic mass is 19.1. The number of aliphatic hydroxyl groups excluding tert-OH is 1. The highest BCUT2D eigenvalue weighted by Gasteiger charge is 2.23. The predicted octanol–water partition coefficient (Wildman–Crippen LogP) is 1.90. The van der Waals surface area contributed by atoms with Gasteiger partial charge in [0.25, 0.3) is 0 Å². The highest BCUT2D eigenvalue weighted by molar-refractivity contribution is 5.34. The topological polar surface area (TPSA) is 47.3 Å². The van der Waals surface area contributed by atoms with Gasteiger partial charge in [-0.2, -0.15) is 5.26 Å². The molecule has 0 spiro atoms. The van der Waals surface area contributed by atoms with Crippen LogP contribution < -0.4 is 0 Å². The Bertz CT molecular complexity index is 438. The fraction of sp³-hybridized carbons (Fsp3) is 0.462. The molecule has 1 N–H and O–H groups in total. The van der Waals surface area contributed by atoms with E-state index in [2.05, 4.69) is 0 Å². The first-order valence-electron chi connectivity index (χ1n) is 5.42. The summed E-state index contributed by atoms with van der Waals surface area (Å²) in [5.41, 5.74) is 0.0977. The van der Waals surface area contributed by atoms with Crippen LogP contribution in [0.2, 0.25) is 0 Å². The van der Waals surface area contributed by atoms with E-state index in [4.69, 9.17) is 5.26 Å². The molecule has 0 saturated heterocycles. The average molecular weight is 236 g/mol. The Kier molecular flexibility index (Phi) is 4.22. The van der Waals surface area contributed by atoms with E-state index in [0.29, 0.717) is 12.1 Å². The molecule has 0 radical (unpaired) electrons. The molecule has 0 unspecified atom stereocenters. The lowest BCUT2D eigenvalue weighted by Crippen LogP contribution is -2.43. The van der Waals surface area contributed by atoms with Crippen LogP contribution in [0.4, 0.5) is 4.39 Å². The molecule has 0 aliphatic heterocycles. The monoisotopic (exact) mass is 236 g/mol. The summed E-state index contributed by atoms with van der Waals surface area (Å²) in [4.78, 5) is 1.85. The second-order valence-electron chi connectivity index (χ2n) is 4.72. The minimum Gasteiger partial charge on any atom is -0.394 e. The Labute approximate surface area is 101 Å². The first kappa shape index (κ1) is 13.6. The Morgan fingerprint density at radius 3 is 2.65 bits per heavy atom. The van der Waals surface area contributed by atoms with Gasteiger partial charge < -0.3 is 5.11 Å². The molecule has 0 aliphatic rings. The van der Waals surface area contributed by atoms with Crippen molar-refractivity contribution >= 4 is 0 Å². The normalized spacial score (nSPS) is 11.6. The van der Waals surface area contributed by atoms with E-state index in [9.17, 15) is 9.50 Å². The lowest BCUT2D eigenvalue weighted by atomic mass is 10.0. The van der Waals surface area contributed by atoms with Crippen LogP contribution in [0, 0.1) is 17.1 Å². The third-order valence-electron chi connectivity index (χ3n) is 3.03. The van der Waals surface area contributed by atoms with Crippen LogP contribution in [-0.4, -0.2) is 29.2 Å². The number of nitriles is 1. The number of hydrogen-bond donors (Lipinski definition) is 1. The summed E-state index contributed by atoms with van der Waals surface area (Å²) in [6, 6.07) is 6.59. The van der Waals surface area contributed by atoms with Gasteiger partial charge in [-0.05, 0) is 27.0 Å². The van der Waals surface area contributed by atoms with Crippen molar-refractivity contribution in [3.05, 3.63) is 35.1 Å². The number of rotatable bonds is 4. The molecule has 92 valence electrons. The molecule has 0 aliphatic carbocycles. The van der Waals surface area contributed by atoms with Crippen molar-refractivity contribution in [2.45, 2.75) is 25.9 Å². The van der Waals surface area contributed by atoms with Crippen LogP contribution in [0.1, 0.15) is 25.0 Å². The third-order valence-corrected chi connectivity index (χ3v) is 3.03. The SMILES string of the molecule is CN(Cc1cccc(C#N)c1F)C(C)(C)CO. The number of halogens is 1. The van der Waals surface area contributed by atoms with Crippen LogP contribution in [0.3, 0.4) is 0 Å². The molecule has 0 bridgehead atoms. The van der Waals surface area contributed by atoms with Gasteiger partial charge in [0.05, 0.1) is 12.2 Å². The molecule has 17 heavy (non-hydrogen) atoms. The molecule has 4 heteroatoms. The zero-order valence-corrected chi connectivity index (χ0v) is 10.4. The number of likely N-dealkylation sites (N-methyl/N-ethyl adjacent to an activating group) is 1. The predicted molar refractivity (Wildman–Crippen MR) is 63.7 cm³/mol. The number of aliphatic hydroxyl groups is 1. The quantitative estimate of drug-likeness (QED) is 0.868. The molecular weight excluding hydrogens is 219 g/mol. The van der Waals surface area contributed by atoms with Crippen molar-refractivity contribution in [1.29, 1.82) is 5.26 Å². The lowest BCUT2D eigenvalue weighted by molar-refractivity contribution is 0.0725. The van der Waals surface area contributed by atoms with Gasteiger partial charge in [0.1, 0.15) is 11.9 Å². The minimum absolute atomic E-state index is 0.0109. The van der Waals surface area contributed by atoms with Gasteiger partial charge in [0, 0.05) is 17.6 Å². The second kappa shape index (κ2) is 5.26. The summed E-state index contributed by atoms with van der Waals surface area (Å²) in [5, 5.41) is 18.0. The van der Waals surface area contributed by atoms with E-state index in [-0.39, 0.29) is 12.2 Å². The number of hydrogen-bond acceptors (Lipinski definition) is 3. The Hall–Kier alpha value is -1.44. The number of nitrogens with zero attached hydrogens (tertiary/aromatic N) is 2. The molecule has 0 atom stereocenters. The molecule has 0 fully saturated rings. The summed E-state index contributed by atoms with van der Waals surface area (Å²) in [7, 11) is 1.81. The van der Waals surface area contributed by atoms with E-state index in [1.807, 2.05) is 31.9 Å². The fourth-order valence-corrected chi connectivity index (χ4v) is 1.38. The summed E-state index contributed by atoms with van der Waals surface area (Å²) >= 11 is 0. The van der Waals surface area contributed by atoms with E-state index in [0.717, 1.165) is 0 Å². The van der Waals surface area contributed by atoms with Crippen molar-refractivity contribution < 1.29 is 9.50 Å². The number of benzene rings is 1. The van der Waals surface area contributed by atoms with E-state index in [1.54, 1.807) is 12.1 Å². The van der Waals surface area contributed by atoms with Crippen LogP contribution >= 0.6 is 0 Å². The van der Waals surface area contributed by atoms with Crippen LogP contribution in [-0.2, 0) is 6.54 Å². The third kappa shape index (κ3) is 3.02. The maximum atomic E-state index is 13.8. The van der Waals surface area contributed by atoms with Crippen LogP contribution in [0.5, 0.6) is 0 Å². The first-order chi connectivity index (χ1) is 7.92. The van der Waals surface area contributed by atoms with Gasteiger partial charge in [-0.1, -0.05) is 12.1 Å². The summed E-state index contributed by atoms with van der Waals surface area (Å²) in [5.74, 6) is -0.476. The largest absolute Gasteiger partial charge is 0.394 e. The summed E-state index contributed by atoms with van der Waals surface area (Å²) in [6.07, 6.45) is 0. The fourth-order valence-electron chi connectivity index (χ4n) is 1.38. The van der Waals surface area contributed by atoms with Crippen molar-refractivity contribution in [1.82, 2.24) is 4.90 Å². The molecular formula is C13H17FN2O. The lowest BCUT2D eigenvalue weighted by Gasteiger charge is -2.34. The summed E-state index contributed by atoms with van der Waals surface area (Å²) < 4.78 is 13.8. The van der Waals surface area contributed by atoms with Crippen molar-refractivity contribution in [3.8, 4) is 6.07 Å². The van der Waals surface area contributed by atoms with Crippen molar-refractivity contribution in [2.75, 3.05) is 13.7 Å². The molecule has 3 nitrogen and oxygen atoms in total. The molecule has 0 heterocycles. The maximum Gasteiger partial charge on any atom is 0.145 e. The maximum absolute atomic E-state index is 13.8. The Balaban J connectivity index is 2.94. The molecule has 1 rings (SSSR count). The zero-order valence-electron chi connectivity index (χ0n) is 10.4. The van der Waals surface area contributed by atoms with Gasteiger partial charge in [0.15, 0.2) is 0 Å². The Morgan fingerprint density at radius 2 is 2.12 bits per heavy atom. The average Bonchev–Trinajstić information content (AvgIpc) is 2.31. The van der Waals surface area contributed by atoms with Gasteiger partial charge in [0.2, 0.25) is 0 Å². The van der Waals surface area contributed by atoms with Gasteiger partial charge in [-0.15, -0.1) is 0 Å². The van der Waals surface area contributed by atoms with Gasteiger partial charge in [-0.3, -0.25) is 4.90 Å². The van der Waals surface area contributed by atoms with Gasteiger partial charge >= 0.3 is 0 Å². The molecule has 1 aromatic rings. The molecule has 1 aromatic carbocycles. The van der Waals surface area contributed by atoms with E-state index < -0.39 is 11.4 Å². The standard InChI is InChI=1S/C13H17FN2O/c1-13(2,9-17)16(3)8-11-6-4-5-10(7-15)12(11)14/h4-6,17H,8-9H2,1-3H3. The van der Waals surface area contributed by atoms with Crippen LogP contribution in [0.15, 0.2) is 18.2 Å². The van der Waals surface area contributed by atoms with E-state index in [1.165, 1.54) is 6.07 Å². The molecule has 0 saturated carbocycles. The molecule has 0 amide bonds. The van der Waals surface area contributed by atoms with Crippen molar-refractivity contribution in [2.24, 2.45) is 0 Å². The highest BCUT2D eigenvalue weighted by Crippen LogP contribution is 2.18. The van der Waals surface area contributed by atoms with Crippen LogP contribution in [0.25, 0.3) is 0 Å². The van der Waals surface area contributed by atoms with Crippen molar-refractivity contribution in [3.63, 3.8) is 0 Å². The minimum atomic E-state index is -0.476.